The van der Waals surface area contributed by atoms with Gasteiger partial charge in [0.25, 0.3) is 0 Å². The van der Waals surface area contributed by atoms with Gasteiger partial charge in [-0.1, -0.05) is 20.8 Å². The van der Waals surface area contributed by atoms with Crippen LogP contribution in [0.4, 0.5) is 4.39 Å². The Kier molecular flexibility index (Phi) is 3.13. The summed E-state index contributed by atoms with van der Waals surface area (Å²) in [5.41, 5.74) is 1.35. The maximum absolute atomic E-state index is 14.1. The Morgan fingerprint density at radius 2 is 1.94 bits per heavy atom. The number of furan rings is 1. The maximum atomic E-state index is 14.1. The minimum atomic E-state index is -0.265. The lowest BCUT2D eigenvalue weighted by molar-refractivity contribution is 0.557. The molecule has 0 N–H and O–H groups in total. The normalized spacial score (nSPS) is 11.8. The summed E-state index contributed by atoms with van der Waals surface area (Å²) in [5.74, 6) is 0.272. The molecule has 0 aliphatic carbocycles. The van der Waals surface area contributed by atoms with Gasteiger partial charge in [0.15, 0.2) is 0 Å². The summed E-state index contributed by atoms with van der Waals surface area (Å²) in [7, 11) is 0. The van der Waals surface area contributed by atoms with Crippen molar-refractivity contribution in [3.8, 4) is 11.3 Å². The molecule has 0 aliphatic heterocycles. The van der Waals surface area contributed by atoms with Crippen LogP contribution in [0.3, 0.4) is 0 Å². The molecule has 3 heteroatoms. The van der Waals surface area contributed by atoms with Crippen molar-refractivity contribution in [3.63, 3.8) is 0 Å². The first-order valence-corrected chi connectivity index (χ1v) is 6.22. The maximum Gasteiger partial charge on any atom is 0.137 e. The Bertz CT molecular complexity index is 501. The van der Waals surface area contributed by atoms with Gasteiger partial charge in [0.1, 0.15) is 11.6 Å². The number of rotatable bonds is 1. The van der Waals surface area contributed by atoms with Crippen LogP contribution in [0.25, 0.3) is 11.3 Å². The summed E-state index contributed by atoms with van der Waals surface area (Å²) in [6.45, 7) is 6.17. The molecule has 0 saturated heterocycles. The van der Waals surface area contributed by atoms with Crippen molar-refractivity contribution in [2.45, 2.75) is 26.2 Å². The van der Waals surface area contributed by atoms with Gasteiger partial charge in [0.2, 0.25) is 0 Å². The topological polar surface area (TPSA) is 13.1 Å². The third kappa shape index (κ3) is 2.44. The van der Waals surface area contributed by atoms with E-state index in [0.717, 1.165) is 10.0 Å². The van der Waals surface area contributed by atoms with Gasteiger partial charge >= 0.3 is 0 Å². The summed E-state index contributed by atoms with van der Waals surface area (Å²) < 4.78 is 20.1. The number of benzene rings is 1. The number of hydrogen-bond donors (Lipinski definition) is 0. The Hall–Kier alpha value is -1.09. The molecule has 90 valence electrons. The highest BCUT2D eigenvalue weighted by molar-refractivity contribution is 9.10. The van der Waals surface area contributed by atoms with E-state index in [1.54, 1.807) is 24.5 Å². The van der Waals surface area contributed by atoms with Crippen LogP contribution >= 0.6 is 15.9 Å². The molecule has 0 amide bonds. The second-order valence-electron chi connectivity index (χ2n) is 5.04. The van der Waals surface area contributed by atoms with Gasteiger partial charge in [0.05, 0.1) is 11.8 Å². The summed E-state index contributed by atoms with van der Waals surface area (Å²) in [6.07, 6.45) is 1.54. The van der Waals surface area contributed by atoms with Gasteiger partial charge in [-0.2, -0.15) is 0 Å². The molecule has 1 aromatic carbocycles. The standard InChI is InChI=1S/C14H14BrFO/c1-14(2,3)9-7-10(15)13(11(16)8-9)12-5-4-6-17-12/h4-8H,1-3H3. The molecule has 0 radical (unpaired) electrons. The number of hydrogen-bond acceptors (Lipinski definition) is 1. The van der Waals surface area contributed by atoms with E-state index in [1.807, 2.05) is 6.07 Å². The van der Waals surface area contributed by atoms with E-state index < -0.39 is 0 Å². The molecule has 0 atom stereocenters. The third-order valence-electron chi connectivity index (χ3n) is 2.68. The zero-order valence-electron chi connectivity index (χ0n) is 10.1. The lowest BCUT2D eigenvalue weighted by Gasteiger charge is -2.20. The number of halogens is 2. The second-order valence-corrected chi connectivity index (χ2v) is 5.90. The summed E-state index contributed by atoms with van der Waals surface area (Å²) >= 11 is 3.41. The third-order valence-corrected chi connectivity index (χ3v) is 3.30. The van der Waals surface area contributed by atoms with Crippen molar-refractivity contribution in [1.82, 2.24) is 0 Å². The largest absolute Gasteiger partial charge is 0.464 e. The van der Waals surface area contributed by atoms with Crippen molar-refractivity contribution in [2.75, 3.05) is 0 Å². The predicted octanol–water partition coefficient (Wildman–Crippen LogP) is 5.15. The average Bonchev–Trinajstić information content (AvgIpc) is 2.68. The predicted molar refractivity (Wildman–Crippen MR) is 70.5 cm³/mol. The van der Waals surface area contributed by atoms with Gasteiger partial charge in [-0.3, -0.25) is 0 Å². The molecule has 17 heavy (non-hydrogen) atoms. The molecule has 0 bridgehead atoms. The highest BCUT2D eigenvalue weighted by Crippen LogP contribution is 2.35. The van der Waals surface area contributed by atoms with Crippen molar-refractivity contribution in [3.05, 3.63) is 46.4 Å². The minimum absolute atomic E-state index is 0.0783. The first-order valence-electron chi connectivity index (χ1n) is 5.43. The van der Waals surface area contributed by atoms with E-state index >= 15 is 0 Å². The Morgan fingerprint density at radius 3 is 2.41 bits per heavy atom. The molecule has 0 spiro atoms. The lowest BCUT2D eigenvalue weighted by Crippen LogP contribution is -2.11. The van der Waals surface area contributed by atoms with Crippen LogP contribution < -0.4 is 0 Å². The van der Waals surface area contributed by atoms with E-state index in [9.17, 15) is 4.39 Å². The fourth-order valence-corrected chi connectivity index (χ4v) is 2.29. The highest BCUT2D eigenvalue weighted by atomic mass is 79.9. The zero-order valence-corrected chi connectivity index (χ0v) is 11.6. The van der Waals surface area contributed by atoms with E-state index in [4.69, 9.17) is 4.42 Å². The highest BCUT2D eigenvalue weighted by Gasteiger charge is 2.19. The van der Waals surface area contributed by atoms with Crippen molar-refractivity contribution in [1.29, 1.82) is 0 Å². The summed E-state index contributed by atoms with van der Waals surface area (Å²) in [5, 5.41) is 0. The zero-order chi connectivity index (χ0) is 12.6. The summed E-state index contributed by atoms with van der Waals surface area (Å²) in [6, 6.07) is 7.02. The van der Waals surface area contributed by atoms with Gasteiger partial charge in [-0.15, -0.1) is 0 Å². The fourth-order valence-electron chi connectivity index (χ4n) is 1.66. The Balaban J connectivity index is 2.58. The molecule has 0 fully saturated rings. The van der Waals surface area contributed by atoms with Crippen LogP contribution in [0.5, 0.6) is 0 Å². The van der Waals surface area contributed by atoms with Crippen LogP contribution in [0, 0.1) is 5.82 Å². The van der Waals surface area contributed by atoms with Gasteiger partial charge < -0.3 is 4.42 Å². The molecular weight excluding hydrogens is 283 g/mol. The monoisotopic (exact) mass is 296 g/mol. The van der Waals surface area contributed by atoms with Crippen LogP contribution in [-0.2, 0) is 5.41 Å². The van der Waals surface area contributed by atoms with Crippen LogP contribution in [0.1, 0.15) is 26.3 Å². The van der Waals surface area contributed by atoms with Crippen LogP contribution in [0.15, 0.2) is 39.4 Å². The molecule has 1 nitrogen and oxygen atoms in total. The molecule has 0 unspecified atom stereocenters. The fraction of sp³-hybridized carbons (Fsp3) is 0.286. The van der Waals surface area contributed by atoms with Gasteiger partial charge in [0, 0.05) is 4.47 Å². The molecular formula is C14H14BrFO. The molecule has 1 heterocycles. The van der Waals surface area contributed by atoms with E-state index in [1.165, 1.54) is 0 Å². The van der Waals surface area contributed by atoms with Gasteiger partial charge in [-0.05, 0) is 51.2 Å². The smallest absolute Gasteiger partial charge is 0.137 e. The Labute approximate surface area is 109 Å². The quantitative estimate of drug-likeness (QED) is 0.710. The van der Waals surface area contributed by atoms with E-state index in [-0.39, 0.29) is 11.2 Å². The lowest BCUT2D eigenvalue weighted by atomic mass is 9.86. The molecule has 0 saturated carbocycles. The van der Waals surface area contributed by atoms with E-state index in [0.29, 0.717) is 11.3 Å². The first-order chi connectivity index (χ1) is 7.89. The summed E-state index contributed by atoms with van der Waals surface area (Å²) in [4.78, 5) is 0. The molecule has 2 aromatic rings. The van der Waals surface area contributed by atoms with Crippen LogP contribution in [-0.4, -0.2) is 0 Å². The molecule has 2 rings (SSSR count). The van der Waals surface area contributed by atoms with Crippen molar-refractivity contribution < 1.29 is 8.81 Å². The van der Waals surface area contributed by atoms with E-state index in [2.05, 4.69) is 36.7 Å². The van der Waals surface area contributed by atoms with Crippen molar-refractivity contribution >= 4 is 15.9 Å². The average molecular weight is 297 g/mol. The molecule has 0 aliphatic rings. The SMILES string of the molecule is CC(C)(C)c1cc(F)c(-c2ccco2)c(Br)c1. The van der Waals surface area contributed by atoms with Gasteiger partial charge in [-0.25, -0.2) is 4.39 Å². The van der Waals surface area contributed by atoms with Crippen molar-refractivity contribution in [2.24, 2.45) is 0 Å². The molecule has 1 aromatic heterocycles. The van der Waals surface area contributed by atoms with Crippen LogP contribution in [0.2, 0.25) is 0 Å². The second kappa shape index (κ2) is 4.30. The first kappa shape index (κ1) is 12.4. The Morgan fingerprint density at radius 1 is 1.24 bits per heavy atom. The minimum Gasteiger partial charge on any atom is -0.464 e.